The van der Waals surface area contributed by atoms with Crippen LogP contribution < -0.4 is 10.1 Å². The van der Waals surface area contributed by atoms with E-state index in [0.29, 0.717) is 22.7 Å². The monoisotopic (exact) mass is 426 g/mol. The number of para-hydroxylation sites is 1. The van der Waals surface area contributed by atoms with E-state index in [0.717, 1.165) is 16.5 Å². The standard InChI is InChI=1S/C25H22N4O3/c1-29(2)24(30)16-32-19-9-7-18(8-10-19)27-25(31)21-15-23(17-11-13-26-14-12-17)28-22-6-4-3-5-20(21)22/h3-15H,16H2,1-2H3,(H,27,31). The number of anilines is 1. The Kier molecular flexibility index (Phi) is 6.07. The van der Waals surface area contributed by atoms with Crippen molar-refractivity contribution in [2.24, 2.45) is 0 Å². The summed E-state index contributed by atoms with van der Waals surface area (Å²) in [6, 6.07) is 20.0. The molecule has 0 saturated heterocycles. The van der Waals surface area contributed by atoms with E-state index in [1.54, 1.807) is 56.8 Å². The van der Waals surface area contributed by atoms with Crippen molar-refractivity contribution in [3.05, 3.63) is 84.7 Å². The second-order valence-electron chi connectivity index (χ2n) is 7.36. The SMILES string of the molecule is CN(C)C(=O)COc1ccc(NC(=O)c2cc(-c3ccncc3)nc3ccccc23)cc1. The fourth-order valence-electron chi connectivity index (χ4n) is 3.14. The molecule has 160 valence electrons. The van der Waals surface area contributed by atoms with Gasteiger partial charge in [0.2, 0.25) is 0 Å². The number of nitrogens with zero attached hydrogens (tertiary/aromatic N) is 3. The molecule has 0 spiro atoms. The van der Waals surface area contributed by atoms with Crippen LogP contribution in [0.4, 0.5) is 5.69 Å². The van der Waals surface area contributed by atoms with Gasteiger partial charge in [0.25, 0.3) is 11.8 Å². The summed E-state index contributed by atoms with van der Waals surface area (Å²) in [5.74, 6) is 0.180. The van der Waals surface area contributed by atoms with E-state index in [1.165, 1.54) is 4.90 Å². The third-order valence-corrected chi connectivity index (χ3v) is 4.91. The summed E-state index contributed by atoms with van der Waals surface area (Å²) in [7, 11) is 3.35. The Morgan fingerprint density at radius 1 is 0.969 bits per heavy atom. The van der Waals surface area contributed by atoms with Crippen LogP contribution in [0.15, 0.2) is 79.1 Å². The number of carbonyl (C=O) groups is 2. The van der Waals surface area contributed by atoms with Gasteiger partial charge in [-0.25, -0.2) is 4.98 Å². The highest BCUT2D eigenvalue weighted by Gasteiger charge is 2.14. The van der Waals surface area contributed by atoms with Crippen LogP contribution in [0.3, 0.4) is 0 Å². The van der Waals surface area contributed by atoms with Gasteiger partial charge >= 0.3 is 0 Å². The van der Waals surface area contributed by atoms with Crippen LogP contribution in [0, 0.1) is 0 Å². The first-order chi connectivity index (χ1) is 15.5. The van der Waals surface area contributed by atoms with Gasteiger partial charge < -0.3 is 15.0 Å². The van der Waals surface area contributed by atoms with Crippen molar-refractivity contribution in [1.82, 2.24) is 14.9 Å². The average Bonchev–Trinajstić information content (AvgIpc) is 2.83. The normalized spacial score (nSPS) is 10.6. The Bertz CT molecular complexity index is 1260. The van der Waals surface area contributed by atoms with Gasteiger partial charge in [-0.05, 0) is 48.5 Å². The lowest BCUT2D eigenvalue weighted by Gasteiger charge is -2.12. The van der Waals surface area contributed by atoms with E-state index in [4.69, 9.17) is 9.72 Å². The summed E-state index contributed by atoms with van der Waals surface area (Å²) in [6.45, 7) is -0.0422. The van der Waals surface area contributed by atoms with Gasteiger partial charge in [-0.3, -0.25) is 14.6 Å². The predicted molar refractivity (Wildman–Crippen MR) is 124 cm³/mol. The van der Waals surface area contributed by atoms with Gasteiger partial charge in [0, 0.05) is 43.1 Å². The molecule has 0 fully saturated rings. The number of rotatable bonds is 6. The first kappa shape index (κ1) is 21.0. The molecule has 0 saturated carbocycles. The number of carbonyl (C=O) groups excluding carboxylic acids is 2. The number of likely N-dealkylation sites (N-methyl/N-ethyl adjacent to an activating group) is 1. The van der Waals surface area contributed by atoms with Crippen molar-refractivity contribution in [2.75, 3.05) is 26.0 Å². The second kappa shape index (κ2) is 9.26. The van der Waals surface area contributed by atoms with Crippen molar-refractivity contribution in [3.8, 4) is 17.0 Å². The summed E-state index contributed by atoms with van der Waals surface area (Å²) in [5, 5.41) is 3.70. The molecule has 0 aliphatic rings. The van der Waals surface area contributed by atoms with Gasteiger partial charge in [0.15, 0.2) is 6.61 Å². The molecule has 7 nitrogen and oxygen atoms in total. The Balaban J connectivity index is 1.57. The second-order valence-corrected chi connectivity index (χ2v) is 7.36. The zero-order valence-corrected chi connectivity index (χ0v) is 17.8. The minimum atomic E-state index is -0.240. The summed E-state index contributed by atoms with van der Waals surface area (Å²) in [6.07, 6.45) is 3.39. The van der Waals surface area contributed by atoms with E-state index in [2.05, 4.69) is 10.3 Å². The maximum atomic E-state index is 13.2. The molecule has 0 unspecified atom stereocenters. The van der Waals surface area contributed by atoms with E-state index >= 15 is 0 Å². The molecule has 4 rings (SSSR count). The number of fused-ring (bicyclic) bond motifs is 1. The van der Waals surface area contributed by atoms with Crippen molar-refractivity contribution in [3.63, 3.8) is 0 Å². The minimum absolute atomic E-state index is 0.0422. The third-order valence-electron chi connectivity index (χ3n) is 4.91. The van der Waals surface area contributed by atoms with Crippen LogP contribution in [0.5, 0.6) is 5.75 Å². The highest BCUT2D eigenvalue weighted by molar-refractivity contribution is 6.13. The molecule has 7 heteroatoms. The first-order valence-corrected chi connectivity index (χ1v) is 10.1. The average molecular weight is 426 g/mol. The van der Waals surface area contributed by atoms with Crippen molar-refractivity contribution in [1.29, 1.82) is 0 Å². The quantitative estimate of drug-likeness (QED) is 0.504. The topological polar surface area (TPSA) is 84.4 Å². The van der Waals surface area contributed by atoms with E-state index in [-0.39, 0.29) is 18.4 Å². The van der Waals surface area contributed by atoms with Crippen molar-refractivity contribution >= 4 is 28.4 Å². The zero-order chi connectivity index (χ0) is 22.5. The third kappa shape index (κ3) is 4.73. The molecule has 0 radical (unpaired) electrons. The van der Waals surface area contributed by atoms with Crippen LogP contribution >= 0.6 is 0 Å². The molecule has 0 aliphatic heterocycles. The van der Waals surface area contributed by atoms with Gasteiger partial charge in [0.1, 0.15) is 5.75 Å². The van der Waals surface area contributed by atoms with Gasteiger partial charge in [0.05, 0.1) is 16.8 Å². The van der Waals surface area contributed by atoms with Gasteiger partial charge in [-0.2, -0.15) is 0 Å². The highest BCUT2D eigenvalue weighted by atomic mass is 16.5. The fraction of sp³-hybridized carbons (Fsp3) is 0.120. The number of nitrogens with one attached hydrogen (secondary N) is 1. The Labute approximate surface area is 185 Å². The van der Waals surface area contributed by atoms with Gasteiger partial charge in [-0.1, -0.05) is 18.2 Å². The molecule has 1 N–H and O–H groups in total. The molecular weight excluding hydrogens is 404 g/mol. The number of aromatic nitrogens is 2. The first-order valence-electron chi connectivity index (χ1n) is 10.1. The number of hydrogen-bond donors (Lipinski definition) is 1. The van der Waals surface area contributed by atoms with Crippen LogP contribution in [-0.2, 0) is 4.79 Å². The lowest BCUT2D eigenvalue weighted by atomic mass is 10.0. The Morgan fingerprint density at radius 2 is 1.69 bits per heavy atom. The lowest BCUT2D eigenvalue weighted by molar-refractivity contribution is -0.130. The molecule has 4 aromatic rings. The number of benzene rings is 2. The molecular formula is C25H22N4O3. The maximum Gasteiger partial charge on any atom is 0.259 e. The molecule has 0 aliphatic carbocycles. The van der Waals surface area contributed by atoms with E-state index < -0.39 is 0 Å². The number of hydrogen-bond acceptors (Lipinski definition) is 5. The molecule has 32 heavy (non-hydrogen) atoms. The van der Waals surface area contributed by atoms with Crippen LogP contribution in [0.2, 0.25) is 0 Å². The molecule has 0 atom stereocenters. The largest absolute Gasteiger partial charge is 0.484 e. The molecule has 2 aromatic carbocycles. The van der Waals surface area contributed by atoms with Crippen LogP contribution in [-0.4, -0.2) is 47.4 Å². The predicted octanol–water partition coefficient (Wildman–Crippen LogP) is 4.02. The minimum Gasteiger partial charge on any atom is -0.484 e. The zero-order valence-electron chi connectivity index (χ0n) is 17.8. The highest BCUT2D eigenvalue weighted by Crippen LogP contribution is 2.25. The summed E-state index contributed by atoms with van der Waals surface area (Å²) in [4.78, 5) is 35.0. The Morgan fingerprint density at radius 3 is 2.41 bits per heavy atom. The molecule has 0 bridgehead atoms. The smallest absolute Gasteiger partial charge is 0.259 e. The lowest BCUT2D eigenvalue weighted by Crippen LogP contribution is -2.27. The maximum absolute atomic E-state index is 13.2. The number of pyridine rings is 2. The van der Waals surface area contributed by atoms with Crippen molar-refractivity contribution in [2.45, 2.75) is 0 Å². The molecule has 2 aromatic heterocycles. The van der Waals surface area contributed by atoms with Crippen LogP contribution in [0.25, 0.3) is 22.2 Å². The molecule has 2 heterocycles. The summed E-state index contributed by atoms with van der Waals surface area (Å²) in [5.41, 5.74) is 3.47. The Hall–Kier alpha value is -4.26. The number of ether oxygens (including phenoxy) is 1. The summed E-state index contributed by atoms with van der Waals surface area (Å²) < 4.78 is 5.48. The summed E-state index contributed by atoms with van der Waals surface area (Å²) >= 11 is 0. The van der Waals surface area contributed by atoms with E-state index in [9.17, 15) is 9.59 Å². The van der Waals surface area contributed by atoms with E-state index in [1.807, 2.05) is 36.4 Å². The van der Waals surface area contributed by atoms with Crippen molar-refractivity contribution < 1.29 is 14.3 Å². The van der Waals surface area contributed by atoms with Gasteiger partial charge in [-0.15, -0.1) is 0 Å². The van der Waals surface area contributed by atoms with Crippen LogP contribution in [0.1, 0.15) is 10.4 Å². The molecule has 2 amide bonds. The fourth-order valence-corrected chi connectivity index (χ4v) is 3.14. The number of amides is 2.